The summed E-state index contributed by atoms with van der Waals surface area (Å²) in [5, 5.41) is 0. The lowest BCUT2D eigenvalue weighted by Crippen LogP contribution is -2.30. The SMILES string of the molecule is COCCCN(CCOC)c1cc(CCl)cc(C)n1. The van der Waals surface area contributed by atoms with E-state index in [0.717, 1.165) is 43.2 Å². The van der Waals surface area contributed by atoms with Crippen molar-refractivity contribution in [2.75, 3.05) is 45.4 Å². The van der Waals surface area contributed by atoms with Crippen molar-refractivity contribution in [3.63, 3.8) is 0 Å². The molecule has 0 unspecified atom stereocenters. The molecule has 1 aromatic heterocycles. The van der Waals surface area contributed by atoms with Crippen LogP contribution in [0.3, 0.4) is 0 Å². The number of ether oxygens (including phenoxy) is 2. The molecule has 0 spiro atoms. The Balaban J connectivity index is 2.79. The molecule has 0 saturated heterocycles. The molecule has 0 saturated carbocycles. The maximum absolute atomic E-state index is 5.92. The fourth-order valence-corrected chi connectivity index (χ4v) is 2.06. The van der Waals surface area contributed by atoms with Gasteiger partial charge in [0.15, 0.2) is 0 Å². The molecule has 5 heteroatoms. The Morgan fingerprint density at radius 2 is 1.89 bits per heavy atom. The van der Waals surface area contributed by atoms with Gasteiger partial charge in [-0.15, -0.1) is 11.6 Å². The molecule has 4 nitrogen and oxygen atoms in total. The molecule has 0 fully saturated rings. The van der Waals surface area contributed by atoms with Gasteiger partial charge in [-0.3, -0.25) is 0 Å². The van der Waals surface area contributed by atoms with Crippen molar-refractivity contribution in [3.05, 3.63) is 23.4 Å². The molecule has 19 heavy (non-hydrogen) atoms. The van der Waals surface area contributed by atoms with Gasteiger partial charge in [-0.2, -0.15) is 0 Å². The predicted octanol–water partition coefficient (Wildman–Crippen LogP) is 2.62. The highest BCUT2D eigenvalue weighted by Crippen LogP contribution is 2.16. The van der Waals surface area contributed by atoms with Gasteiger partial charge in [0.25, 0.3) is 0 Å². The fraction of sp³-hybridized carbons (Fsp3) is 0.643. The summed E-state index contributed by atoms with van der Waals surface area (Å²) in [6.07, 6.45) is 0.964. The minimum Gasteiger partial charge on any atom is -0.385 e. The van der Waals surface area contributed by atoms with E-state index in [-0.39, 0.29) is 0 Å². The highest BCUT2D eigenvalue weighted by atomic mass is 35.5. The fourth-order valence-electron chi connectivity index (χ4n) is 1.90. The van der Waals surface area contributed by atoms with Crippen LogP contribution in [0.4, 0.5) is 5.82 Å². The van der Waals surface area contributed by atoms with E-state index >= 15 is 0 Å². The number of hydrogen-bond donors (Lipinski definition) is 0. The standard InChI is InChI=1S/C14H23ClN2O2/c1-12-9-13(11-15)10-14(16-12)17(6-8-19-3)5-4-7-18-2/h9-10H,4-8,11H2,1-3H3. The zero-order valence-electron chi connectivity index (χ0n) is 12.0. The van der Waals surface area contributed by atoms with Crippen LogP contribution in [-0.4, -0.2) is 45.5 Å². The number of halogens is 1. The van der Waals surface area contributed by atoms with Gasteiger partial charge >= 0.3 is 0 Å². The molecule has 0 bridgehead atoms. The summed E-state index contributed by atoms with van der Waals surface area (Å²) >= 11 is 5.92. The predicted molar refractivity (Wildman–Crippen MR) is 79.1 cm³/mol. The number of hydrogen-bond acceptors (Lipinski definition) is 4. The van der Waals surface area contributed by atoms with E-state index in [9.17, 15) is 0 Å². The van der Waals surface area contributed by atoms with Crippen molar-refractivity contribution in [1.29, 1.82) is 0 Å². The summed E-state index contributed by atoms with van der Waals surface area (Å²) in [6.45, 7) is 5.13. The normalized spacial score (nSPS) is 10.7. The number of aromatic nitrogens is 1. The van der Waals surface area contributed by atoms with E-state index in [2.05, 4.69) is 9.88 Å². The average Bonchev–Trinajstić information content (AvgIpc) is 2.42. The molecule has 0 amide bonds. The molecule has 0 atom stereocenters. The second-order valence-corrected chi connectivity index (χ2v) is 4.70. The molecule has 0 aliphatic carbocycles. The summed E-state index contributed by atoms with van der Waals surface area (Å²) in [7, 11) is 3.43. The van der Waals surface area contributed by atoms with E-state index in [0.29, 0.717) is 12.5 Å². The van der Waals surface area contributed by atoms with Gasteiger partial charge in [-0.05, 0) is 31.0 Å². The molecule has 1 aromatic rings. The second-order valence-electron chi connectivity index (χ2n) is 4.43. The van der Waals surface area contributed by atoms with Crippen LogP contribution in [0.15, 0.2) is 12.1 Å². The van der Waals surface area contributed by atoms with Crippen LogP contribution in [0.5, 0.6) is 0 Å². The molecule has 0 aromatic carbocycles. The third kappa shape index (κ3) is 5.76. The van der Waals surface area contributed by atoms with Crippen LogP contribution in [0.25, 0.3) is 0 Å². The summed E-state index contributed by atoms with van der Waals surface area (Å²) in [5.41, 5.74) is 2.08. The van der Waals surface area contributed by atoms with Crippen LogP contribution in [0.2, 0.25) is 0 Å². The number of aryl methyl sites for hydroxylation is 1. The van der Waals surface area contributed by atoms with Gasteiger partial charge in [-0.1, -0.05) is 0 Å². The Morgan fingerprint density at radius 3 is 2.53 bits per heavy atom. The van der Waals surface area contributed by atoms with Gasteiger partial charge < -0.3 is 14.4 Å². The maximum Gasteiger partial charge on any atom is 0.129 e. The lowest BCUT2D eigenvalue weighted by Gasteiger charge is -2.24. The Bertz CT molecular complexity index is 374. The van der Waals surface area contributed by atoms with Crippen LogP contribution in [-0.2, 0) is 15.4 Å². The van der Waals surface area contributed by atoms with Crippen LogP contribution >= 0.6 is 11.6 Å². The number of pyridine rings is 1. The van der Waals surface area contributed by atoms with Crippen molar-refractivity contribution < 1.29 is 9.47 Å². The number of alkyl halides is 1. The number of nitrogens with zero attached hydrogens (tertiary/aromatic N) is 2. The zero-order chi connectivity index (χ0) is 14.1. The first-order valence-corrected chi connectivity index (χ1v) is 7.01. The van der Waals surface area contributed by atoms with Crippen LogP contribution in [0, 0.1) is 6.92 Å². The Kier molecular flexibility index (Phi) is 7.79. The topological polar surface area (TPSA) is 34.6 Å². The zero-order valence-corrected chi connectivity index (χ0v) is 12.7. The number of rotatable bonds is 9. The van der Waals surface area contributed by atoms with Gasteiger partial charge in [0.2, 0.25) is 0 Å². The molecular weight excluding hydrogens is 264 g/mol. The molecular formula is C14H23ClN2O2. The first kappa shape index (κ1) is 16.2. The Labute approximate surface area is 120 Å². The molecule has 1 heterocycles. The van der Waals surface area contributed by atoms with Gasteiger partial charge in [0.05, 0.1) is 6.61 Å². The minimum absolute atomic E-state index is 0.506. The van der Waals surface area contributed by atoms with Crippen molar-refractivity contribution in [3.8, 4) is 0 Å². The van der Waals surface area contributed by atoms with E-state index in [1.54, 1.807) is 14.2 Å². The lowest BCUT2D eigenvalue weighted by molar-refractivity contribution is 0.191. The summed E-state index contributed by atoms with van der Waals surface area (Å²) in [6, 6.07) is 4.06. The van der Waals surface area contributed by atoms with E-state index in [4.69, 9.17) is 21.1 Å². The maximum atomic E-state index is 5.92. The van der Waals surface area contributed by atoms with E-state index < -0.39 is 0 Å². The van der Waals surface area contributed by atoms with Crippen molar-refractivity contribution in [2.45, 2.75) is 19.2 Å². The Morgan fingerprint density at radius 1 is 1.16 bits per heavy atom. The first-order chi connectivity index (χ1) is 9.21. The summed E-state index contributed by atoms with van der Waals surface area (Å²) in [5.74, 6) is 1.47. The molecule has 1 rings (SSSR count). The van der Waals surface area contributed by atoms with Crippen molar-refractivity contribution >= 4 is 17.4 Å². The molecule has 0 aliphatic heterocycles. The quantitative estimate of drug-likeness (QED) is 0.516. The highest BCUT2D eigenvalue weighted by Gasteiger charge is 2.09. The van der Waals surface area contributed by atoms with Crippen molar-refractivity contribution in [2.24, 2.45) is 0 Å². The third-order valence-electron chi connectivity index (χ3n) is 2.82. The number of methoxy groups -OCH3 is 2. The van der Waals surface area contributed by atoms with Crippen LogP contribution in [0.1, 0.15) is 17.7 Å². The lowest BCUT2D eigenvalue weighted by atomic mass is 10.2. The minimum atomic E-state index is 0.506. The molecule has 0 aliphatic rings. The largest absolute Gasteiger partial charge is 0.385 e. The second kappa shape index (κ2) is 9.13. The van der Waals surface area contributed by atoms with Gasteiger partial charge in [-0.25, -0.2) is 4.98 Å². The first-order valence-electron chi connectivity index (χ1n) is 6.47. The molecule has 0 radical (unpaired) electrons. The van der Waals surface area contributed by atoms with Gasteiger partial charge in [0.1, 0.15) is 5.82 Å². The smallest absolute Gasteiger partial charge is 0.129 e. The average molecular weight is 287 g/mol. The van der Waals surface area contributed by atoms with E-state index in [1.807, 2.05) is 19.1 Å². The third-order valence-corrected chi connectivity index (χ3v) is 3.13. The van der Waals surface area contributed by atoms with Gasteiger partial charge in [0, 0.05) is 45.5 Å². The highest BCUT2D eigenvalue weighted by molar-refractivity contribution is 6.17. The molecule has 0 N–H and O–H groups in total. The van der Waals surface area contributed by atoms with Crippen molar-refractivity contribution in [1.82, 2.24) is 4.98 Å². The number of anilines is 1. The monoisotopic (exact) mass is 286 g/mol. The van der Waals surface area contributed by atoms with Crippen LogP contribution < -0.4 is 4.90 Å². The molecule has 108 valence electrons. The Hall–Kier alpha value is -0.840. The summed E-state index contributed by atoms with van der Waals surface area (Å²) in [4.78, 5) is 6.80. The summed E-state index contributed by atoms with van der Waals surface area (Å²) < 4.78 is 10.3. The van der Waals surface area contributed by atoms with E-state index in [1.165, 1.54) is 0 Å².